The highest BCUT2D eigenvalue weighted by atomic mass is 32.2. The van der Waals surface area contributed by atoms with Crippen molar-refractivity contribution >= 4 is 27.1 Å². The molecule has 0 atom stereocenters. The maximum Gasteiger partial charge on any atom is 0.271 e. The van der Waals surface area contributed by atoms with Crippen molar-refractivity contribution in [2.24, 2.45) is 0 Å². The number of benzene rings is 2. The van der Waals surface area contributed by atoms with Crippen molar-refractivity contribution < 1.29 is 22.9 Å². The Morgan fingerprint density at radius 1 is 1.23 bits per heavy atom. The Morgan fingerprint density at radius 2 is 1.92 bits per heavy atom. The number of amides is 1. The van der Waals surface area contributed by atoms with Crippen LogP contribution >= 0.6 is 0 Å². The standard InChI is InChI=1S/C17H16N2O6S/c1-26(23,24)11-12-2-4-13(5-3-12)17(20)18-8-9-25-16-7-6-14(19(21)22)10-15(16)18/h2-7,10H,8-9,11H2,1H3. The number of non-ortho nitro benzene ring substituents is 1. The van der Waals surface area contributed by atoms with Gasteiger partial charge < -0.3 is 9.64 Å². The van der Waals surface area contributed by atoms with Gasteiger partial charge in [0.1, 0.15) is 12.4 Å². The van der Waals surface area contributed by atoms with Crippen LogP contribution in [0, 0.1) is 10.1 Å². The third-order valence-corrected chi connectivity index (χ3v) is 4.75. The van der Waals surface area contributed by atoms with Crippen LogP contribution in [0.5, 0.6) is 5.75 Å². The fraction of sp³-hybridized carbons (Fsp3) is 0.235. The molecule has 2 aromatic rings. The lowest BCUT2D eigenvalue weighted by Crippen LogP contribution is -2.38. The number of nitrogens with zero attached hydrogens (tertiary/aromatic N) is 2. The summed E-state index contributed by atoms with van der Waals surface area (Å²) in [7, 11) is -3.16. The number of sulfone groups is 1. The van der Waals surface area contributed by atoms with Crippen molar-refractivity contribution in [2.75, 3.05) is 24.3 Å². The highest BCUT2D eigenvalue weighted by molar-refractivity contribution is 7.89. The van der Waals surface area contributed by atoms with Gasteiger partial charge in [-0.25, -0.2) is 8.42 Å². The SMILES string of the molecule is CS(=O)(=O)Cc1ccc(C(=O)N2CCOc3ccc([N+](=O)[O-])cc32)cc1. The zero-order chi connectivity index (χ0) is 18.9. The minimum atomic E-state index is -3.16. The summed E-state index contributed by atoms with van der Waals surface area (Å²) in [6.45, 7) is 0.542. The molecule has 0 spiro atoms. The van der Waals surface area contributed by atoms with E-state index in [1.165, 1.54) is 23.1 Å². The molecule has 136 valence electrons. The second kappa shape index (κ2) is 6.75. The highest BCUT2D eigenvalue weighted by Gasteiger charge is 2.26. The van der Waals surface area contributed by atoms with E-state index in [2.05, 4.69) is 0 Å². The Morgan fingerprint density at radius 3 is 2.54 bits per heavy atom. The van der Waals surface area contributed by atoms with Gasteiger partial charge in [0, 0.05) is 24.0 Å². The van der Waals surface area contributed by atoms with E-state index in [0.717, 1.165) is 6.26 Å². The van der Waals surface area contributed by atoms with E-state index in [9.17, 15) is 23.3 Å². The van der Waals surface area contributed by atoms with E-state index in [1.807, 2.05) is 0 Å². The smallest absolute Gasteiger partial charge is 0.271 e. The van der Waals surface area contributed by atoms with Crippen LogP contribution in [0.15, 0.2) is 42.5 Å². The summed E-state index contributed by atoms with van der Waals surface area (Å²) in [6.07, 6.45) is 1.14. The summed E-state index contributed by atoms with van der Waals surface area (Å²) in [5, 5.41) is 11.0. The maximum absolute atomic E-state index is 12.8. The first kappa shape index (κ1) is 17.9. The number of fused-ring (bicyclic) bond motifs is 1. The summed E-state index contributed by atoms with van der Waals surface area (Å²) < 4.78 is 28.2. The second-order valence-electron chi connectivity index (χ2n) is 5.98. The Bertz CT molecular complexity index is 969. The number of ether oxygens (including phenoxy) is 1. The minimum Gasteiger partial charge on any atom is -0.490 e. The first-order valence-corrected chi connectivity index (χ1v) is 9.80. The number of hydrogen-bond acceptors (Lipinski definition) is 6. The normalized spacial score (nSPS) is 13.7. The van der Waals surface area contributed by atoms with Gasteiger partial charge in [-0.05, 0) is 23.8 Å². The van der Waals surface area contributed by atoms with Gasteiger partial charge in [-0.2, -0.15) is 0 Å². The quantitative estimate of drug-likeness (QED) is 0.598. The number of carbonyl (C=O) groups is 1. The number of nitro groups is 1. The topological polar surface area (TPSA) is 107 Å². The van der Waals surface area contributed by atoms with Gasteiger partial charge in [0.2, 0.25) is 0 Å². The van der Waals surface area contributed by atoms with Gasteiger partial charge in [0.15, 0.2) is 9.84 Å². The molecule has 1 heterocycles. The van der Waals surface area contributed by atoms with E-state index in [0.29, 0.717) is 22.6 Å². The number of carbonyl (C=O) groups excluding carboxylic acids is 1. The summed E-state index contributed by atoms with van der Waals surface area (Å²) >= 11 is 0. The summed E-state index contributed by atoms with van der Waals surface area (Å²) in [5.41, 5.74) is 1.16. The number of nitro benzene ring substituents is 1. The summed E-state index contributed by atoms with van der Waals surface area (Å²) in [4.78, 5) is 24.7. The summed E-state index contributed by atoms with van der Waals surface area (Å²) in [5.74, 6) is -0.0292. The van der Waals surface area contributed by atoms with Crippen molar-refractivity contribution in [3.05, 3.63) is 63.7 Å². The minimum absolute atomic E-state index is 0.103. The molecule has 8 nitrogen and oxygen atoms in total. The fourth-order valence-electron chi connectivity index (χ4n) is 2.73. The predicted octanol–water partition coefficient (Wildman–Crippen LogP) is 2.18. The molecule has 26 heavy (non-hydrogen) atoms. The number of hydrogen-bond donors (Lipinski definition) is 0. The molecule has 0 unspecified atom stereocenters. The lowest BCUT2D eigenvalue weighted by atomic mass is 10.1. The van der Waals surface area contributed by atoms with Crippen molar-refractivity contribution in [3.63, 3.8) is 0 Å². The van der Waals surface area contributed by atoms with E-state index in [1.54, 1.807) is 24.3 Å². The van der Waals surface area contributed by atoms with Gasteiger partial charge in [-0.15, -0.1) is 0 Å². The third kappa shape index (κ3) is 3.83. The molecular weight excluding hydrogens is 360 g/mol. The summed E-state index contributed by atoms with van der Waals surface area (Å²) in [6, 6.07) is 10.4. The average Bonchev–Trinajstić information content (AvgIpc) is 2.59. The molecule has 0 fully saturated rings. The lowest BCUT2D eigenvalue weighted by Gasteiger charge is -2.29. The molecule has 0 aliphatic carbocycles. The van der Waals surface area contributed by atoms with Crippen LogP contribution in [0.3, 0.4) is 0 Å². The van der Waals surface area contributed by atoms with Crippen LogP contribution < -0.4 is 9.64 Å². The van der Waals surface area contributed by atoms with E-state index in [-0.39, 0.29) is 30.5 Å². The monoisotopic (exact) mass is 376 g/mol. The average molecular weight is 376 g/mol. The molecule has 1 amide bonds. The molecule has 0 aromatic heterocycles. The molecule has 1 aliphatic heterocycles. The Hall–Kier alpha value is -2.94. The van der Waals surface area contributed by atoms with E-state index < -0.39 is 14.8 Å². The van der Waals surface area contributed by atoms with Crippen LogP contribution in [0.4, 0.5) is 11.4 Å². The van der Waals surface area contributed by atoms with Crippen molar-refractivity contribution in [2.45, 2.75) is 5.75 Å². The first-order valence-electron chi connectivity index (χ1n) is 7.74. The van der Waals surface area contributed by atoms with Gasteiger partial charge in [0.25, 0.3) is 11.6 Å². The Labute approximate surface area is 150 Å². The molecule has 1 aliphatic rings. The predicted molar refractivity (Wildman–Crippen MR) is 95.3 cm³/mol. The van der Waals surface area contributed by atoms with Crippen molar-refractivity contribution in [1.82, 2.24) is 0 Å². The van der Waals surface area contributed by atoms with Crippen LogP contribution in [0.1, 0.15) is 15.9 Å². The Kier molecular flexibility index (Phi) is 4.64. The zero-order valence-corrected chi connectivity index (χ0v) is 14.7. The molecule has 9 heteroatoms. The van der Waals surface area contributed by atoms with Crippen LogP contribution in [0.25, 0.3) is 0 Å². The van der Waals surface area contributed by atoms with Gasteiger partial charge in [0.05, 0.1) is 22.9 Å². The number of rotatable bonds is 4. The second-order valence-corrected chi connectivity index (χ2v) is 8.12. The molecule has 0 radical (unpaired) electrons. The molecule has 0 saturated carbocycles. The number of anilines is 1. The Balaban J connectivity index is 1.89. The maximum atomic E-state index is 12.8. The molecule has 0 N–H and O–H groups in total. The van der Waals surface area contributed by atoms with E-state index >= 15 is 0 Å². The van der Waals surface area contributed by atoms with Crippen LogP contribution in [-0.4, -0.2) is 38.7 Å². The van der Waals surface area contributed by atoms with E-state index in [4.69, 9.17) is 4.74 Å². The zero-order valence-electron chi connectivity index (χ0n) is 13.9. The molecule has 0 saturated heterocycles. The van der Waals surface area contributed by atoms with Crippen molar-refractivity contribution in [3.8, 4) is 5.75 Å². The van der Waals surface area contributed by atoms with Crippen LogP contribution in [-0.2, 0) is 15.6 Å². The van der Waals surface area contributed by atoms with Crippen molar-refractivity contribution in [1.29, 1.82) is 0 Å². The highest BCUT2D eigenvalue weighted by Crippen LogP contribution is 2.35. The molecule has 2 aromatic carbocycles. The fourth-order valence-corrected chi connectivity index (χ4v) is 3.53. The largest absolute Gasteiger partial charge is 0.490 e. The van der Waals surface area contributed by atoms with Gasteiger partial charge in [-0.3, -0.25) is 14.9 Å². The van der Waals surface area contributed by atoms with Gasteiger partial charge >= 0.3 is 0 Å². The van der Waals surface area contributed by atoms with Crippen LogP contribution in [0.2, 0.25) is 0 Å². The third-order valence-electron chi connectivity index (χ3n) is 3.89. The molecule has 0 bridgehead atoms. The lowest BCUT2D eigenvalue weighted by molar-refractivity contribution is -0.384. The first-order chi connectivity index (χ1) is 12.2. The molecule has 3 rings (SSSR count). The van der Waals surface area contributed by atoms with Gasteiger partial charge in [-0.1, -0.05) is 12.1 Å². The molecular formula is C17H16N2O6S.